The Morgan fingerprint density at radius 2 is 1.56 bits per heavy atom. The van der Waals surface area contributed by atoms with Crippen molar-refractivity contribution in [2.24, 2.45) is 10.7 Å². The van der Waals surface area contributed by atoms with Crippen LogP contribution in [0.25, 0.3) is 0 Å². The molecule has 25 heavy (non-hydrogen) atoms. The van der Waals surface area contributed by atoms with Crippen LogP contribution < -0.4 is 5.73 Å². The Morgan fingerprint density at radius 3 is 1.92 bits per heavy atom. The van der Waals surface area contributed by atoms with E-state index in [0.717, 1.165) is 6.26 Å². The fourth-order valence-electron chi connectivity index (χ4n) is 1.58. The van der Waals surface area contributed by atoms with Crippen molar-refractivity contribution in [1.29, 1.82) is 0 Å². The van der Waals surface area contributed by atoms with Gasteiger partial charge < -0.3 is 14.6 Å². The average molecular weight is 370 g/mol. The van der Waals surface area contributed by atoms with Gasteiger partial charge in [-0.2, -0.15) is 26.3 Å². The number of alkyl halides is 6. The molecule has 0 amide bonds. The maximum absolute atomic E-state index is 12.5. The second kappa shape index (κ2) is 8.24. The van der Waals surface area contributed by atoms with Crippen molar-refractivity contribution in [2.75, 3.05) is 0 Å². The van der Waals surface area contributed by atoms with Crippen LogP contribution in [0.4, 0.5) is 26.3 Å². The topological polar surface area (TPSA) is 64.7 Å². The van der Waals surface area contributed by atoms with Crippen LogP contribution in [0.3, 0.4) is 0 Å². The van der Waals surface area contributed by atoms with Crippen LogP contribution in [-0.2, 0) is 0 Å². The fraction of sp³-hybridized carbons (Fsp3) is 0.400. The molecule has 0 fully saturated rings. The molecule has 10 heteroatoms. The zero-order valence-corrected chi connectivity index (χ0v) is 13.2. The summed E-state index contributed by atoms with van der Waals surface area (Å²) in [5.41, 5.74) is 3.84. The highest BCUT2D eigenvalue weighted by atomic mass is 19.4. The molecule has 2 rings (SSSR count). The number of halogens is 6. The molecule has 0 aliphatic heterocycles. The first-order valence-electron chi connectivity index (χ1n) is 6.97. The van der Waals surface area contributed by atoms with E-state index in [1.54, 1.807) is 13.8 Å². The van der Waals surface area contributed by atoms with E-state index >= 15 is 0 Å². The van der Waals surface area contributed by atoms with E-state index in [4.69, 9.17) is 5.73 Å². The third-order valence-corrected chi connectivity index (χ3v) is 2.61. The molecule has 4 nitrogen and oxygen atoms in total. The second-order valence-electron chi connectivity index (χ2n) is 5.08. The van der Waals surface area contributed by atoms with Crippen LogP contribution in [0.1, 0.15) is 31.4 Å². The maximum Gasteiger partial charge on any atom is 0.436 e. The predicted octanol–water partition coefficient (Wildman–Crippen LogP) is 4.88. The van der Waals surface area contributed by atoms with Crippen LogP contribution in [0.2, 0.25) is 0 Å². The first-order valence-corrected chi connectivity index (χ1v) is 6.97. The Bertz CT molecular complexity index is 643. The third-order valence-electron chi connectivity index (χ3n) is 2.61. The van der Waals surface area contributed by atoms with Gasteiger partial charge in [-0.25, -0.2) is 0 Å². The molecule has 0 saturated heterocycles. The summed E-state index contributed by atoms with van der Waals surface area (Å²) >= 11 is 0. The van der Waals surface area contributed by atoms with Crippen molar-refractivity contribution in [3.63, 3.8) is 0 Å². The molecule has 0 aromatic carbocycles. The molecule has 0 aliphatic carbocycles. The van der Waals surface area contributed by atoms with Crippen LogP contribution in [-0.4, -0.2) is 24.1 Å². The van der Waals surface area contributed by atoms with Crippen molar-refractivity contribution in [1.82, 2.24) is 0 Å². The first-order chi connectivity index (χ1) is 11.4. The lowest BCUT2D eigenvalue weighted by Crippen LogP contribution is -2.27. The third kappa shape index (κ3) is 6.65. The highest BCUT2D eigenvalue weighted by Crippen LogP contribution is 2.30. The quantitative estimate of drug-likeness (QED) is 0.619. The lowest BCUT2D eigenvalue weighted by atomic mass is 10.2. The highest BCUT2D eigenvalue weighted by Gasteiger charge is 2.39. The molecule has 0 radical (unpaired) electrons. The molecule has 1 atom stereocenters. The molecular weight excluding hydrogens is 354 g/mol. The number of nitrogens with two attached hydrogens (primary N) is 1. The molecule has 0 spiro atoms. The Balaban J connectivity index is 0.000000257. The fourth-order valence-corrected chi connectivity index (χ4v) is 1.58. The molecule has 2 heterocycles. The summed E-state index contributed by atoms with van der Waals surface area (Å²) in [5, 5.41) is 0. The molecule has 0 bridgehead atoms. The minimum Gasteiger partial charge on any atom is -0.467 e. The molecule has 0 aliphatic rings. The summed E-state index contributed by atoms with van der Waals surface area (Å²) in [7, 11) is 0. The van der Waals surface area contributed by atoms with Crippen LogP contribution >= 0.6 is 0 Å². The first kappa shape index (κ1) is 20.8. The highest BCUT2D eigenvalue weighted by molar-refractivity contribution is 6.02. The molecule has 0 saturated carbocycles. The smallest absolute Gasteiger partial charge is 0.436 e. The standard InChI is InChI=1S/C9H10F3NO.C6H6F3NO/c1-6(2)13-8(9(10,11)12)7-4-3-5-14-7;7-6(8,9)5(10)4-2-1-3-11-4/h3-6H,1-2H3;1-3,5H,10H2/t;5-/m.0/s1. The van der Waals surface area contributed by atoms with E-state index in [1.807, 2.05) is 0 Å². The van der Waals surface area contributed by atoms with Gasteiger partial charge in [-0.15, -0.1) is 0 Å². The van der Waals surface area contributed by atoms with Gasteiger partial charge in [0.2, 0.25) is 0 Å². The molecule has 2 N–H and O–H groups in total. The van der Waals surface area contributed by atoms with Gasteiger partial charge in [-0.1, -0.05) is 0 Å². The van der Waals surface area contributed by atoms with Gasteiger partial charge >= 0.3 is 12.4 Å². The van der Waals surface area contributed by atoms with E-state index in [9.17, 15) is 26.3 Å². The van der Waals surface area contributed by atoms with Crippen molar-refractivity contribution < 1.29 is 35.2 Å². The summed E-state index contributed by atoms with van der Waals surface area (Å²) in [5.74, 6) is -0.510. The van der Waals surface area contributed by atoms with Gasteiger partial charge in [0.15, 0.2) is 17.5 Å². The van der Waals surface area contributed by atoms with Crippen molar-refractivity contribution >= 4 is 5.71 Å². The van der Waals surface area contributed by atoms with Crippen LogP contribution in [0.15, 0.2) is 50.6 Å². The summed E-state index contributed by atoms with van der Waals surface area (Å²) in [6.45, 7) is 3.16. The zero-order chi connectivity index (χ0) is 19.3. The van der Waals surface area contributed by atoms with E-state index in [1.165, 1.54) is 30.5 Å². The Morgan fingerprint density at radius 1 is 1.00 bits per heavy atom. The van der Waals surface area contributed by atoms with E-state index < -0.39 is 30.1 Å². The normalized spacial score (nSPS) is 14.2. The summed E-state index contributed by atoms with van der Waals surface area (Å²) in [4.78, 5) is 3.49. The van der Waals surface area contributed by atoms with Crippen molar-refractivity contribution in [2.45, 2.75) is 38.3 Å². The number of nitrogens with zero attached hydrogens (tertiary/aromatic N) is 1. The predicted molar refractivity (Wildman–Crippen MR) is 78.1 cm³/mol. The zero-order valence-electron chi connectivity index (χ0n) is 13.2. The van der Waals surface area contributed by atoms with Crippen LogP contribution in [0.5, 0.6) is 0 Å². The lowest BCUT2D eigenvalue weighted by molar-refractivity contribution is -0.152. The monoisotopic (exact) mass is 370 g/mol. The SMILES string of the molecule is CC(C)N=C(c1ccco1)C(F)(F)F.N[C@@H](c1ccco1)C(F)(F)F. The lowest BCUT2D eigenvalue weighted by Gasteiger charge is -2.11. The number of hydrogen-bond donors (Lipinski definition) is 1. The van der Waals surface area contributed by atoms with Gasteiger partial charge in [0, 0.05) is 6.04 Å². The van der Waals surface area contributed by atoms with E-state index in [2.05, 4.69) is 13.8 Å². The minimum atomic E-state index is -4.47. The summed E-state index contributed by atoms with van der Waals surface area (Å²) in [6, 6.07) is 2.76. The van der Waals surface area contributed by atoms with Crippen molar-refractivity contribution in [3.8, 4) is 0 Å². The Hall–Kier alpha value is -2.23. The molecule has 2 aromatic rings. The number of furan rings is 2. The molecule has 2 aromatic heterocycles. The molecular formula is C15H16F6N2O2. The Kier molecular flexibility index (Phi) is 6.86. The minimum absolute atomic E-state index is 0.244. The van der Waals surface area contributed by atoms with Crippen LogP contribution in [0, 0.1) is 0 Å². The van der Waals surface area contributed by atoms with Gasteiger partial charge in [-0.05, 0) is 38.1 Å². The van der Waals surface area contributed by atoms with Gasteiger partial charge in [0.05, 0.1) is 12.5 Å². The number of aliphatic imine (C=N–C) groups is 1. The van der Waals surface area contributed by atoms with Crippen molar-refractivity contribution in [3.05, 3.63) is 48.3 Å². The average Bonchev–Trinajstić information content (AvgIpc) is 3.15. The summed E-state index contributed by atoms with van der Waals surface area (Å²) in [6.07, 6.45) is -6.56. The second-order valence-corrected chi connectivity index (χ2v) is 5.08. The molecule has 0 unspecified atom stereocenters. The van der Waals surface area contributed by atoms with Gasteiger partial charge in [-0.3, -0.25) is 4.99 Å². The van der Waals surface area contributed by atoms with Gasteiger partial charge in [0.1, 0.15) is 5.76 Å². The molecule has 140 valence electrons. The Labute approximate surface area is 139 Å². The van der Waals surface area contributed by atoms with E-state index in [0.29, 0.717) is 0 Å². The largest absolute Gasteiger partial charge is 0.467 e. The number of rotatable bonds is 3. The maximum atomic E-state index is 12.5. The summed E-state index contributed by atoms with van der Waals surface area (Å²) < 4.78 is 82.0. The number of hydrogen-bond acceptors (Lipinski definition) is 4. The van der Waals surface area contributed by atoms with Gasteiger partial charge in [0.25, 0.3) is 0 Å². The van der Waals surface area contributed by atoms with E-state index in [-0.39, 0.29) is 11.5 Å².